The van der Waals surface area contributed by atoms with E-state index in [1.165, 1.54) is 37.7 Å². The van der Waals surface area contributed by atoms with Crippen LogP contribution in [0.4, 0.5) is 0 Å². The van der Waals surface area contributed by atoms with Gasteiger partial charge in [-0.2, -0.15) is 0 Å². The van der Waals surface area contributed by atoms with Gasteiger partial charge in [-0.3, -0.25) is 4.98 Å². The minimum Gasteiger partial charge on any atom is -0.375 e. The Bertz CT molecular complexity index is 645. The minimum absolute atomic E-state index is 0.00663. The third kappa shape index (κ3) is 3.46. The second-order valence-corrected chi connectivity index (χ2v) is 10.4. The van der Waals surface area contributed by atoms with E-state index in [0.717, 1.165) is 32.0 Å². The first-order chi connectivity index (χ1) is 12.9. The van der Waals surface area contributed by atoms with Crippen LogP contribution >= 0.6 is 0 Å². The molecule has 1 aromatic heterocycles. The predicted octanol–water partition coefficient (Wildman–Crippen LogP) is 5.43. The Morgan fingerprint density at radius 3 is 2.81 bits per heavy atom. The van der Waals surface area contributed by atoms with Gasteiger partial charge in [-0.25, -0.2) is 0 Å². The lowest BCUT2D eigenvalue weighted by molar-refractivity contribution is -0.162. The van der Waals surface area contributed by atoms with Crippen molar-refractivity contribution in [3.05, 3.63) is 30.1 Å². The third-order valence-corrected chi connectivity index (χ3v) is 8.19. The molecule has 0 radical (unpaired) electrons. The molecule has 2 heterocycles. The van der Waals surface area contributed by atoms with Crippen molar-refractivity contribution >= 4 is 0 Å². The zero-order valence-corrected chi connectivity index (χ0v) is 17.7. The molecule has 2 aliphatic carbocycles. The van der Waals surface area contributed by atoms with Crippen LogP contribution in [0.5, 0.6) is 0 Å². The topological polar surface area (TPSA) is 31.4 Å². The first-order valence-electron chi connectivity index (χ1n) is 11.0. The summed E-state index contributed by atoms with van der Waals surface area (Å²) >= 11 is 0. The van der Waals surface area contributed by atoms with Crippen molar-refractivity contribution < 1.29 is 9.47 Å². The average Bonchev–Trinajstić information content (AvgIpc) is 2.97. The summed E-state index contributed by atoms with van der Waals surface area (Å²) in [7, 11) is 0. The van der Waals surface area contributed by atoms with Crippen LogP contribution in [0.3, 0.4) is 0 Å². The summed E-state index contributed by atoms with van der Waals surface area (Å²) in [5, 5.41) is 0. The molecule has 1 saturated heterocycles. The van der Waals surface area contributed by atoms with Gasteiger partial charge >= 0.3 is 0 Å². The number of aryl methyl sites for hydroxylation is 1. The molecule has 2 saturated carbocycles. The Balaban J connectivity index is 1.43. The maximum atomic E-state index is 6.50. The first kappa shape index (κ1) is 19.4. The van der Waals surface area contributed by atoms with E-state index in [4.69, 9.17) is 9.47 Å². The maximum Gasteiger partial charge on any atom is 0.0869 e. The van der Waals surface area contributed by atoms with Crippen LogP contribution in [0.2, 0.25) is 0 Å². The van der Waals surface area contributed by atoms with E-state index in [1.807, 2.05) is 18.5 Å². The number of ether oxygens (including phenoxy) is 2. The zero-order chi connectivity index (χ0) is 19.1. The fraction of sp³-hybridized carbons (Fsp3) is 0.792. The van der Waals surface area contributed by atoms with Gasteiger partial charge in [-0.15, -0.1) is 0 Å². The molecule has 4 rings (SSSR count). The first-order valence-corrected chi connectivity index (χ1v) is 11.0. The summed E-state index contributed by atoms with van der Waals surface area (Å²) in [5.41, 5.74) is 2.10. The molecule has 27 heavy (non-hydrogen) atoms. The van der Waals surface area contributed by atoms with E-state index in [9.17, 15) is 0 Å². The molecule has 0 bridgehead atoms. The van der Waals surface area contributed by atoms with E-state index in [-0.39, 0.29) is 11.7 Å². The van der Waals surface area contributed by atoms with Crippen molar-refractivity contribution in [3.63, 3.8) is 0 Å². The molecule has 1 aromatic rings. The predicted molar refractivity (Wildman–Crippen MR) is 109 cm³/mol. The molecule has 0 amide bonds. The Hall–Kier alpha value is -0.930. The van der Waals surface area contributed by atoms with E-state index < -0.39 is 0 Å². The van der Waals surface area contributed by atoms with Gasteiger partial charge in [-0.05, 0) is 73.8 Å². The maximum absolute atomic E-state index is 6.50. The molecule has 5 atom stereocenters. The van der Waals surface area contributed by atoms with Crippen molar-refractivity contribution in [2.75, 3.05) is 13.2 Å². The van der Waals surface area contributed by atoms with Gasteiger partial charge in [0, 0.05) is 24.9 Å². The SMILES string of the molecule is CC1(C)CCCC2(C)C1CCC1(C)OCC(OCCCc3cccnc3)C12. The quantitative estimate of drug-likeness (QED) is 0.647. The lowest BCUT2D eigenvalue weighted by atomic mass is 9.45. The van der Waals surface area contributed by atoms with Crippen LogP contribution in [0.25, 0.3) is 0 Å². The average molecular weight is 372 g/mol. The van der Waals surface area contributed by atoms with Gasteiger partial charge in [0.25, 0.3) is 0 Å². The summed E-state index contributed by atoms with van der Waals surface area (Å²) in [6.07, 6.45) is 12.7. The van der Waals surface area contributed by atoms with Crippen molar-refractivity contribution in [1.29, 1.82) is 0 Å². The van der Waals surface area contributed by atoms with Gasteiger partial charge in [0.15, 0.2) is 0 Å². The fourth-order valence-corrected chi connectivity index (χ4v) is 7.09. The third-order valence-electron chi connectivity index (χ3n) is 8.19. The molecular formula is C24H37NO2. The van der Waals surface area contributed by atoms with Crippen LogP contribution in [0.15, 0.2) is 24.5 Å². The number of fused-ring (bicyclic) bond motifs is 3. The minimum atomic E-state index is 0.00663. The van der Waals surface area contributed by atoms with Crippen molar-refractivity contribution in [2.45, 2.75) is 84.3 Å². The van der Waals surface area contributed by atoms with Crippen LogP contribution in [-0.2, 0) is 15.9 Å². The molecule has 3 heteroatoms. The molecule has 3 aliphatic rings. The summed E-state index contributed by atoms with van der Waals surface area (Å²) in [6, 6.07) is 4.17. The van der Waals surface area contributed by atoms with E-state index in [2.05, 4.69) is 38.7 Å². The van der Waals surface area contributed by atoms with E-state index in [1.54, 1.807) is 0 Å². The summed E-state index contributed by atoms with van der Waals surface area (Å²) in [6.45, 7) is 11.5. The lowest BCUT2D eigenvalue weighted by Crippen LogP contribution is -2.58. The summed E-state index contributed by atoms with van der Waals surface area (Å²) in [5.74, 6) is 1.32. The normalized spacial score (nSPS) is 40.4. The highest BCUT2D eigenvalue weighted by Crippen LogP contribution is 2.65. The number of hydrogen-bond donors (Lipinski definition) is 0. The van der Waals surface area contributed by atoms with Crippen molar-refractivity contribution in [3.8, 4) is 0 Å². The van der Waals surface area contributed by atoms with Gasteiger partial charge < -0.3 is 9.47 Å². The summed E-state index contributed by atoms with van der Waals surface area (Å²) in [4.78, 5) is 4.21. The molecule has 1 aliphatic heterocycles. The van der Waals surface area contributed by atoms with Crippen LogP contribution in [0.1, 0.15) is 71.8 Å². The van der Waals surface area contributed by atoms with Gasteiger partial charge in [-0.1, -0.05) is 33.3 Å². The second kappa shape index (κ2) is 7.15. The number of nitrogens with zero attached hydrogens (tertiary/aromatic N) is 1. The van der Waals surface area contributed by atoms with E-state index in [0.29, 0.717) is 16.7 Å². The highest BCUT2D eigenvalue weighted by molar-refractivity contribution is 5.12. The lowest BCUT2D eigenvalue weighted by Gasteiger charge is -2.60. The van der Waals surface area contributed by atoms with Gasteiger partial charge in [0.05, 0.1) is 18.3 Å². The smallest absolute Gasteiger partial charge is 0.0869 e. The molecule has 0 aromatic carbocycles. The molecule has 0 spiro atoms. The molecule has 3 nitrogen and oxygen atoms in total. The Morgan fingerprint density at radius 1 is 1.19 bits per heavy atom. The highest BCUT2D eigenvalue weighted by Gasteiger charge is 2.63. The number of aromatic nitrogens is 1. The van der Waals surface area contributed by atoms with Gasteiger partial charge in [0.2, 0.25) is 0 Å². The molecule has 5 unspecified atom stereocenters. The molecule has 150 valence electrons. The summed E-state index contributed by atoms with van der Waals surface area (Å²) < 4.78 is 12.9. The Kier molecular flexibility index (Phi) is 5.13. The van der Waals surface area contributed by atoms with Crippen LogP contribution in [0, 0.1) is 22.7 Å². The number of hydrogen-bond acceptors (Lipinski definition) is 3. The fourth-order valence-electron chi connectivity index (χ4n) is 7.09. The Labute approximate surface area is 165 Å². The van der Waals surface area contributed by atoms with E-state index >= 15 is 0 Å². The monoisotopic (exact) mass is 371 g/mol. The van der Waals surface area contributed by atoms with Crippen molar-refractivity contribution in [1.82, 2.24) is 4.98 Å². The molecule has 0 N–H and O–H groups in total. The van der Waals surface area contributed by atoms with Crippen LogP contribution in [-0.4, -0.2) is 29.9 Å². The second-order valence-electron chi connectivity index (χ2n) is 10.4. The Morgan fingerprint density at radius 2 is 2.04 bits per heavy atom. The number of rotatable bonds is 5. The molecular weight excluding hydrogens is 334 g/mol. The zero-order valence-electron chi connectivity index (χ0n) is 17.7. The van der Waals surface area contributed by atoms with Crippen LogP contribution < -0.4 is 0 Å². The standard InChI is InChI=1S/C24H37NO2/c1-22(2)11-7-12-23(3)20(22)10-13-24(4)21(23)19(17-27-24)26-15-6-9-18-8-5-14-25-16-18/h5,8,14,16,19-21H,6-7,9-13,15,17H2,1-4H3. The highest BCUT2D eigenvalue weighted by atomic mass is 16.6. The van der Waals surface area contributed by atoms with Crippen molar-refractivity contribution in [2.24, 2.45) is 22.7 Å². The molecule has 3 fully saturated rings. The number of pyridine rings is 1. The largest absolute Gasteiger partial charge is 0.375 e. The van der Waals surface area contributed by atoms with Gasteiger partial charge in [0.1, 0.15) is 0 Å².